The number of nitrogens with one attached hydrogen (secondary N) is 1. The topological polar surface area (TPSA) is 47.1 Å². The Bertz CT molecular complexity index is 829. The van der Waals surface area contributed by atoms with E-state index in [9.17, 15) is 0 Å². The van der Waals surface area contributed by atoms with E-state index in [4.69, 9.17) is 4.98 Å². The van der Waals surface area contributed by atoms with Crippen LogP contribution < -0.4 is 5.32 Å². The van der Waals surface area contributed by atoms with Crippen molar-refractivity contribution >= 4 is 21.6 Å². The summed E-state index contributed by atoms with van der Waals surface area (Å²) in [5, 5.41) is 7.76. The van der Waals surface area contributed by atoms with Crippen molar-refractivity contribution in [1.82, 2.24) is 24.5 Å². The summed E-state index contributed by atoms with van der Waals surface area (Å²) in [6, 6.07) is 4.38. The Hall–Kier alpha value is -1.66. The van der Waals surface area contributed by atoms with Crippen LogP contribution in [-0.4, -0.2) is 32.3 Å². The Morgan fingerprint density at radius 2 is 2.04 bits per heavy atom. The van der Waals surface area contributed by atoms with Gasteiger partial charge in [-0.2, -0.15) is 5.10 Å². The fourth-order valence-corrected chi connectivity index (χ4v) is 3.86. The van der Waals surface area contributed by atoms with Crippen LogP contribution in [0, 0.1) is 0 Å². The third-order valence-corrected chi connectivity index (χ3v) is 5.23. The molecule has 0 aromatic carbocycles. The summed E-state index contributed by atoms with van der Waals surface area (Å²) in [7, 11) is 1.93. The van der Waals surface area contributed by atoms with Crippen molar-refractivity contribution in [3.63, 3.8) is 0 Å². The monoisotopic (exact) mass is 373 g/mol. The Morgan fingerprint density at radius 3 is 2.78 bits per heavy atom. The molecular formula is C17H20BrN5. The van der Waals surface area contributed by atoms with Crippen molar-refractivity contribution in [2.45, 2.75) is 25.2 Å². The Balaban J connectivity index is 1.61. The van der Waals surface area contributed by atoms with Crippen LogP contribution in [-0.2, 0) is 13.5 Å². The van der Waals surface area contributed by atoms with Gasteiger partial charge in [0.15, 0.2) is 0 Å². The van der Waals surface area contributed by atoms with Crippen LogP contribution in [0.5, 0.6) is 0 Å². The predicted molar refractivity (Wildman–Crippen MR) is 93.8 cm³/mol. The first-order valence-corrected chi connectivity index (χ1v) is 8.84. The zero-order valence-electron chi connectivity index (χ0n) is 13.2. The molecule has 4 rings (SSSR count). The van der Waals surface area contributed by atoms with Gasteiger partial charge in [-0.3, -0.25) is 4.68 Å². The Labute approximate surface area is 143 Å². The third kappa shape index (κ3) is 3.05. The van der Waals surface area contributed by atoms with Crippen molar-refractivity contribution in [1.29, 1.82) is 0 Å². The second-order valence-corrected chi connectivity index (χ2v) is 7.03. The fourth-order valence-electron chi connectivity index (χ4n) is 3.37. The van der Waals surface area contributed by atoms with E-state index in [2.05, 4.69) is 55.3 Å². The molecule has 0 aliphatic carbocycles. The first kappa shape index (κ1) is 14.9. The molecule has 4 heterocycles. The highest BCUT2D eigenvalue weighted by atomic mass is 79.9. The molecule has 120 valence electrons. The molecule has 1 aliphatic rings. The average Bonchev–Trinajstić information content (AvgIpc) is 3.10. The van der Waals surface area contributed by atoms with E-state index >= 15 is 0 Å². The number of pyridine rings is 1. The highest BCUT2D eigenvalue weighted by molar-refractivity contribution is 9.10. The zero-order valence-corrected chi connectivity index (χ0v) is 14.8. The summed E-state index contributed by atoms with van der Waals surface area (Å²) in [4.78, 5) is 4.74. The van der Waals surface area contributed by atoms with E-state index in [0.29, 0.717) is 5.92 Å². The molecule has 6 heteroatoms. The van der Waals surface area contributed by atoms with E-state index in [1.807, 2.05) is 17.9 Å². The number of fused-ring (bicyclic) bond motifs is 1. The Morgan fingerprint density at radius 1 is 1.22 bits per heavy atom. The van der Waals surface area contributed by atoms with Gasteiger partial charge in [-0.1, -0.05) is 6.07 Å². The van der Waals surface area contributed by atoms with Crippen molar-refractivity contribution in [3.8, 4) is 0 Å². The quantitative estimate of drug-likeness (QED) is 0.767. The summed E-state index contributed by atoms with van der Waals surface area (Å²) >= 11 is 3.51. The van der Waals surface area contributed by atoms with Gasteiger partial charge >= 0.3 is 0 Å². The van der Waals surface area contributed by atoms with Crippen LogP contribution in [0.3, 0.4) is 0 Å². The summed E-state index contributed by atoms with van der Waals surface area (Å²) in [6.45, 7) is 2.24. The van der Waals surface area contributed by atoms with Gasteiger partial charge in [0.05, 0.1) is 5.69 Å². The van der Waals surface area contributed by atoms with Crippen molar-refractivity contribution in [2.24, 2.45) is 7.05 Å². The SMILES string of the molecule is Cn1cc(Cc2cn3cc(C4CCNCC4)ccc3n2)c(Br)n1. The molecule has 1 fully saturated rings. The molecular weight excluding hydrogens is 354 g/mol. The molecule has 1 saturated heterocycles. The number of rotatable bonds is 3. The smallest absolute Gasteiger partial charge is 0.137 e. The van der Waals surface area contributed by atoms with E-state index in [-0.39, 0.29) is 0 Å². The molecule has 0 bridgehead atoms. The minimum Gasteiger partial charge on any atom is -0.317 e. The van der Waals surface area contributed by atoms with Crippen LogP contribution in [0.15, 0.2) is 35.3 Å². The Kier molecular flexibility index (Phi) is 3.95. The highest BCUT2D eigenvalue weighted by Crippen LogP contribution is 2.26. The molecule has 0 radical (unpaired) electrons. The van der Waals surface area contributed by atoms with Crippen molar-refractivity contribution < 1.29 is 0 Å². The maximum atomic E-state index is 4.74. The summed E-state index contributed by atoms with van der Waals surface area (Å²) in [5.41, 5.74) is 4.67. The number of imidazole rings is 1. The summed E-state index contributed by atoms with van der Waals surface area (Å²) in [6.07, 6.45) is 9.65. The summed E-state index contributed by atoms with van der Waals surface area (Å²) in [5.74, 6) is 0.666. The lowest BCUT2D eigenvalue weighted by molar-refractivity contribution is 0.459. The molecule has 23 heavy (non-hydrogen) atoms. The van der Waals surface area contributed by atoms with E-state index in [1.165, 1.54) is 18.4 Å². The number of aromatic nitrogens is 4. The maximum Gasteiger partial charge on any atom is 0.137 e. The third-order valence-electron chi connectivity index (χ3n) is 4.56. The number of hydrogen-bond acceptors (Lipinski definition) is 3. The van der Waals surface area contributed by atoms with E-state index < -0.39 is 0 Å². The minimum atomic E-state index is 0.666. The standard InChI is InChI=1S/C17H20BrN5/c1-22-9-14(17(18)21-22)8-15-11-23-10-13(2-3-16(23)20-15)12-4-6-19-7-5-12/h2-3,9-12,19H,4-8H2,1H3. The minimum absolute atomic E-state index is 0.666. The largest absolute Gasteiger partial charge is 0.317 e. The molecule has 1 aliphatic heterocycles. The molecule has 1 N–H and O–H groups in total. The summed E-state index contributed by atoms with van der Waals surface area (Å²) < 4.78 is 4.88. The van der Waals surface area contributed by atoms with Gasteiger partial charge in [0.25, 0.3) is 0 Å². The lowest BCUT2D eigenvalue weighted by atomic mass is 9.91. The molecule has 0 spiro atoms. The second kappa shape index (κ2) is 6.09. The highest BCUT2D eigenvalue weighted by Gasteiger charge is 2.16. The fraction of sp³-hybridized carbons (Fsp3) is 0.412. The number of hydrogen-bond donors (Lipinski definition) is 1. The van der Waals surface area contributed by atoms with Crippen LogP contribution >= 0.6 is 15.9 Å². The van der Waals surface area contributed by atoms with Gasteiger partial charge in [-0.05, 0) is 59.4 Å². The van der Waals surface area contributed by atoms with Crippen molar-refractivity contribution in [2.75, 3.05) is 13.1 Å². The van der Waals surface area contributed by atoms with E-state index in [1.54, 1.807) is 0 Å². The molecule has 0 atom stereocenters. The maximum absolute atomic E-state index is 4.74. The van der Waals surface area contributed by atoms with Crippen LogP contribution in [0.2, 0.25) is 0 Å². The molecule has 0 amide bonds. The van der Waals surface area contributed by atoms with Gasteiger partial charge in [-0.15, -0.1) is 0 Å². The first-order chi connectivity index (χ1) is 11.2. The zero-order chi connectivity index (χ0) is 15.8. The van der Waals surface area contributed by atoms with Crippen LogP contribution in [0.4, 0.5) is 0 Å². The second-order valence-electron chi connectivity index (χ2n) is 6.28. The van der Waals surface area contributed by atoms with Gasteiger partial charge in [0.2, 0.25) is 0 Å². The van der Waals surface area contributed by atoms with Crippen LogP contribution in [0.1, 0.15) is 35.6 Å². The first-order valence-electron chi connectivity index (χ1n) is 8.05. The van der Waals surface area contributed by atoms with Gasteiger partial charge < -0.3 is 9.72 Å². The molecule has 3 aromatic rings. The number of halogens is 1. The molecule has 3 aromatic heterocycles. The van der Waals surface area contributed by atoms with Crippen molar-refractivity contribution in [3.05, 3.63) is 52.1 Å². The number of piperidine rings is 1. The predicted octanol–water partition coefficient (Wildman–Crippen LogP) is 2.89. The van der Waals surface area contributed by atoms with Gasteiger partial charge in [0.1, 0.15) is 10.3 Å². The van der Waals surface area contributed by atoms with E-state index in [0.717, 1.165) is 41.0 Å². The molecule has 0 unspecified atom stereocenters. The number of aryl methyl sites for hydroxylation is 1. The molecule has 0 saturated carbocycles. The lowest BCUT2D eigenvalue weighted by Crippen LogP contribution is -2.26. The number of nitrogens with zero attached hydrogens (tertiary/aromatic N) is 4. The normalized spacial score (nSPS) is 16.3. The molecule has 5 nitrogen and oxygen atoms in total. The lowest BCUT2D eigenvalue weighted by Gasteiger charge is -2.22. The average molecular weight is 374 g/mol. The van der Waals surface area contributed by atoms with Gasteiger partial charge in [-0.25, -0.2) is 4.98 Å². The van der Waals surface area contributed by atoms with Gasteiger partial charge in [0, 0.05) is 37.6 Å². The van der Waals surface area contributed by atoms with Crippen LogP contribution in [0.25, 0.3) is 5.65 Å².